The molecule has 1 N–H and O–H groups in total. The first kappa shape index (κ1) is 20.0. The third-order valence-corrected chi connectivity index (χ3v) is 6.60. The van der Waals surface area contributed by atoms with Crippen LogP contribution in [0.5, 0.6) is 0 Å². The van der Waals surface area contributed by atoms with Crippen molar-refractivity contribution in [2.45, 2.75) is 44.9 Å². The number of hydrogen-bond acceptors (Lipinski definition) is 3. The molecule has 0 saturated heterocycles. The molecule has 1 aliphatic rings. The maximum atomic E-state index is 12.2. The zero-order chi connectivity index (χ0) is 19.8. The third-order valence-electron chi connectivity index (χ3n) is 4.64. The van der Waals surface area contributed by atoms with Gasteiger partial charge in [-0.1, -0.05) is 17.7 Å². The van der Waals surface area contributed by atoms with Crippen LogP contribution in [0, 0.1) is 0 Å². The fourth-order valence-electron chi connectivity index (χ4n) is 3.00. The highest BCUT2D eigenvalue weighted by molar-refractivity contribution is 7.84. The fraction of sp³-hybridized carbons (Fsp3) is 0.400. The Kier molecular flexibility index (Phi) is 5.70. The van der Waals surface area contributed by atoms with Gasteiger partial charge in [-0.2, -0.15) is 0 Å². The van der Waals surface area contributed by atoms with Gasteiger partial charge in [0.1, 0.15) is 0 Å². The lowest BCUT2D eigenvalue weighted by molar-refractivity contribution is -0.118. The highest BCUT2D eigenvalue weighted by Gasteiger charge is 2.22. The van der Waals surface area contributed by atoms with E-state index in [4.69, 9.17) is 11.6 Å². The van der Waals surface area contributed by atoms with Crippen LogP contribution in [0.15, 0.2) is 30.6 Å². The van der Waals surface area contributed by atoms with Gasteiger partial charge in [-0.3, -0.25) is 9.78 Å². The summed E-state index contributed by atoms with van der Waals surface area (Å²) >= 11 is 6.63. The van der Waals surface area contributed by atoms with Crippen LogP contribution in [-0.2, 0) is 28.7 Å². The van der Waals surface area contributed by atoms with E-state index in [0.29, 0.717) is 18.0 Å². The summed E-state index contributed by atoms with van der Waals surface area (Å²) in [6.07, 6.45) is 4.68. The van der Waals surface area contributed by atoms with E-state index in [2.05, 4.69) is 15.8 Å². The molecule has 144 valence electrons. The van der Waals surface area contributed by atoms with E-state index in [0.717, 1.165) is 34.4 Å². The third kappa shape index (κ3) is 4.23. The van der Waals surface area contributed by atoms with Crippen LogP contribution in [-0.4, -0.2) is 26.9 Å². The Morgan fingerprint density at radius 1 is 1.26 bits per heavy atom. The normalized spacial score (nSPS) is 15.6. The van der Waals surface area contributed by atoms with Gasteiger partial charge in [-0.05, 0) is 50.5 Å². The Morgan fingerprint density at radius 2 is 2.00 bits per heavy atom. The monoisotopic (exact) mass is 405 g/mol. The molecule has 0 spiro atoms. The molecule has 2 aromatic rings. The van der Waals surface area contributed by atoms with Gasteiger partial charge in [-0.15, -0.1) is 0 Å². The number of benzene rings is 1. The van der Waals surface area contributed by atoms with Crippen LogP contribution in [0.2, 0.25) is 5.02 Å². The maximum Gasteiger partial charge on any atom is 0.227 e. The summed E-state index contributed by atoms with van der Waals surface area (Å²) in [5.41, 5.74) is 4.67. The first-order valence-electron chi connectivity index (χ1n) is 8.86. The first-order chi connectivity index (χ1) is 12.7. The summed E-state index contributed by atoms with van der Waals surface area (Å²) in [5.74, 6) is 0.134. The molecule has 0 fully saturated rings. The van der Waals surface area contributed by atoms with Gasteiger partial charge in [0, 0.05) is 49.2 Å². The zero-order valence-electron chi connectivity index (χ0n) is 16.0. The molecule has 3 rings (SSSR count). The number of nitrogens with one attached hydrogen (secondary N) is 1. The summed E-state index contributed by atoms with van der Waals surface area (Å²) in [6.45, 7) is 6.13. The Balaban J connectivity index is 1.88. The maximum absolute atomic E-state index is 12.2. The minimum atomic E-state index is -1.18. The Hall–Kier alpha value is -1.76. The number of carbonyl (C=O) groups is 1. The van der Waals surface area contributed by atoms with E-state index in [1.54, 1.807) is 24.3 Å². The lowest BCUT2D eigenvalue weighted by Crippen LogP contribution is -2.33. The molecule has 1 atom stereocenters. The number of rotatable bonds is 4. The molecule has 5 nitrogen and oxygen atoms in total. The SMILES string of the molecule is CN1C(=O)CCc2cc(-c3cncc(CNS(=O)C(C)(C)C)c3Cl)ccc21. The number of fused-ring (bicyclic) bond motifs is 1. The minimum absolute atomic E-state index is 0.134. The van der Waals surface area contributed by atoms with Gasteiger partial charge in [0.05, 0.1) is 20.8 Å². The van der Waals surface area contributed by atoms with Gasteiger partial charge in [0.25, 0.3) is 0 Å². The number of amides is 1. The summed E-state index contributed by atoms with van der Waals surface area (Å²) in [5, 5.41) is 0.601. The van der Waals surface area contributed by atoms with Crippen LogP contribution in [0.3, 0.4) is 0 Å². The van der Waals surface area contributed by atoms with Crippen molar-refractivity contribution in [3.63, 3.8) is 0 Å². The van der Waals surface area contributed by atoms with E-state index in [1.807, 2.05) is 32.9 Å². The van der Waals surface area contributed by atoms with Crippen LogP contribution in [0.4, 0.5) is 5.69 Å². The average Bonchev–Trinajstić information content (AvgIpc) is 2.62. The van der Waals surface area contributed by atoms with Crippen molar-refractivity contribution in [2.24, 2.45) is 0 Å². The number of aryl methyl sites for hydroxylation is 1. The van der Waals surface area contributed by atoms with Crippen molar-refractivity contribution in [3.05, 3.63) is 46.7 Å². The van der Waals surface area contributed by atoms with Crippen molar-refractivity contribution in [2.75, 3.05) is 11.9 Å². The summed E-state index contributed by atoms with van der Waals surface area (Å²) in [4.78, 5) is 17.9. The summed E-state index contributed by atoms with van der Waals surface area (Å²) < 4.78 is 14.9. The predicted molar refractivity (Wildman–Crippen MR) is 111 cm³/mol. The zero-order valence-corrected chi connectivity index (χ0v) is 17.6. The van der Waals surface area contributed by atoms with Crippen molar-refractivity contribution >= 4 is 34.2 Å². The molecule has 27 heavy (non-hydrogen) atoms. The van der Waals surface area contributed by atoms with Gasteiger partial charge >= 0.3 is 0 Å². The number of anilines is 1. The van der Waals surface area contributed by atoms with E-state index >= 15 is 0 Å². The van der Waals surface area contributed by atoms with Crippen LogP contribution in [0.25, 0.3) is 11.1 Å². The number of hydrogen-bond donors (Lipinski definition) is 1. The van der Waals surface area contributed by atoms with Crippen molar-refractivity contribution in [3.8, 4) is 11.1 Å². The van der Waals surface area contributed by atoms with E-state index in [-0.39, 0.29) is 10.7 Å². The van der Waals surface area contributed by atoms with Crippen molar-refractivity contribution < 1.29 is 9.00 Å². The van der Waals surface area contributed by atoms with E-state index in [9.17, 15) is 9.00 Å². The lowest BCUT2D eigenvalue weighted by Gasteiger charge is -2.26. The first-order valence-corrected chi connectivity index (χ1v) is 10.4. The van der Waals surface area contributed by atoms with E-state index < -0.39 is 11.0 Å². The van der Waals surface area contributed by atoms with Crippen molar-refractivity contribution in [1.29, 1.82) is 0 Å². The van der Waals surface area contributed by atoms with Gasteiger partial charge in [0.2, 0.25) is 5.91 Å². The molecular formula is C20H24ClN3O2S. The Morgan fingerprint density at radius 3 is 2.70 bits per heavy atom. The number of aromatic nitrogens is 1. The molecule has 1 amide bonds. The second-order valence-electron chi connectivity index (χ2n) is 7.66. The highest BCUT2D eigenvalue weighted by atomic mass is 35.5. The highest BCUT2D eigenvalue weighted by Crippen LogP contribution is 2.35. The van der Waals surface area contributed by atoms with Gasteiger partial charge < -0.3 is 4.90 Å². The molecule has 0 bridgehead atoms. The molecule has 2 heterocycles. The molecule has 1 aromatic heterocycles. The number of pyridine rings is 1. The molecule has 1 aliphatic heterocycles. The topological polar surface area (TPSA) is 62.3 Å². The van der Waals surface area contributed by atoms with E-state index in [1.165, 1.54) is 0 Å². The molecule has 1 aromatic carbocycles. The number of nitrogens with zero attached hydrogens (tertiary/aromatic N) is 2. The number of carbonyl (C=O) groups excluding carboxylic acids is 1. The molecule has 0 saturated carbocycles. The smallest absolute Gasteiger partial charge is 0.227 e. The van der Waals surface area contributed by atoms with Gasteiger partial charge in [0.15, 0.2) is 0 Å². The Labute approximate surface area is 167 Å². The average molecular weight is 406 g/mol. The predicted octanol–water partition coefficient (Wildman–Crippen LogP) is 3.86. The largest absolute Gasteiger partial charge is 0.315 e. The minimum Gasteiger partial charge on any atom is -0.315 e. The molecule has 0 radical (unpaired) electrons. The number of halogens is 1. The standard InChI is InChI=1S/C20H24ClN3O2S/c1-20(2,3)27(26)23-11-15-10-22-12-16(19(15)21)13-5-7-17-14(9-13)6-8-18(25)24(17)4/h5,7,9-10,12,23H,6,8,11H2,1-4H3. The summed E-state index contributed by atoms with van der Waals surface area (Å²) in [6, 6.07) is 5.99. The second kappa shape index (κ2) is 7.70. The molecule has 7 heteroatoms. The van der Waals surface area contributed by atoms with Crippen LogP contribution >= 0.6 is 11.6 Å². The quantitative estimate of drug-likeness (QED) is 0.839. The molecular weight excluding hydrogens is 382 g/mol. The second-order valence-corrected chi connectivity index (χ2v) is 10.1. The summed E-state index contributed by atoms with van der Waals surface area (Å²) in [7, 11) is 0.621. The lowest BCUT2D eigenvalue weighted by atomic mass is 9.96. The Bertz CT molecular complexity index is 909. The molecule has 1 unspecified atom stereocenters. The van der Waals surface area contributed by atoms with Gasteiger partial charge in [-0.25, -0.2) is 8.93 Å². The van der Waals surface area contributed by atoms with Crippen LogP contribution < -0.4 is 9.62 Å². The molecule has 0 aliphatic carbocycles. The van der Waals surface area contributed by atoms with Crippen LogP contribution in [0.1, 0.15) is 38.3 Å². The fourth-order valence-corrected chi connectivity index (χ4v) is 3.99. The van der Waals surface area contributed by atoms with Crippen molar-refractivity contribution in [1.82, 2.24) is 9.71 Å².